The van der Waals surface area contributed by atoms with Gasteiger partial charge in [-0.15, -0.1) is 0 Å². The molecule has 1 aliphatic carbocycles. The second-order valence-electron chi connectivity index (χ2n) is 7.40. The summed E-state index contributed by atoms with van der Waals surface area (Å²) in [5.41, 5.74) is 3.39. The average Bonchev–Trinajstić information content (AvgIpc) is 3.51. The van der Waals surface area contributed by atoms with E-state index in [1.165, 1.54) is 35.1 Å². The average molecular weight is 401 g/mol. The zero-order chi connectivity index (χ0) is 19.8. The van der Waals surface area contributed by atoms with Crippen molar-refractivity contribution in [3.63, 3.8) is 0 Å². The van der Waals surface area contributed by atoms with Gasteiger partial charge in [0.05, 0.1) is 5.69 Å². The molecular formula is C24H20N2O2S. The number of fused-ring (bicyclic) bond motifs is 1. The van der Waals surface area contributed by atoms with Gasteiger partial charge in [0.25, 0.3) is 0 Å². The summed E-state index contributed by atoms with van der Waals surface area (Å²) in [6.45, 7) is 0.585. The maximum absolute atomic E-state index is 11.6. The van der Waals surface area contributed by atoms with Crippen LogP contribution < -0.4 is 4.80 Å². The Kier molecular flexibility index (Phi) is 4.52. The molecule has 1 aromatic heterocycles. The van der Waals surface area contributed by atoms with Crippen LogP contribution in [-0.4, -0.2) is 15.6 Å². The molecule has 1 heterocycles. The molecule has 1 saturated carbocycles. The molecule has 4 aromatic rings. The second-order valence-corrected chi connectivity index (χ2v) is 8.41. The summed E-state index contributed by atoms with van der Waals surface area (Å²) in [6, 6.07) is 22.7. The molecule has 0 spiro atoms. The van der Waals surface area contributed by atoms with Crippen molar-refractivity contribution < 1.29 is 9.90 Å². The Morgan fingerprint density at radius 2 is 1.72 bits per heavy atom. The first-order valence-electron chi connectivity index (χ1n) is 9.73. The van der Waals surface area contributed by atoms with E-state index < -0.39 is 5.97 Å². The predicted octanol–water partition coefficient (Wildman–Crippen LogP) is 5.56. The lowest BCUT2D eigenvalue weighted by atomic mass is 10.00. The molecule has 0 unspecified atom stereocenters. The van der Waals surface area contributed by atoms with Crippen LogP contribution in [0.5, 0.6) is 0 Å². The van der Waals surface area contributed by atoms with Gasteiger partial charge >= 0.3 is 5.97 Å². The van der Waals surface area contributed by atoms with Crippen molar-refractivity contribution in [1.82, 2.24) is 4.57 Å². The minimum absolute atomic E-state index is 0.290. The monoisotopic (exact) mass is 400 g/mol. The number of aromatic nitrogens is 1. The maximum Gasteiger partial charge on any atom is 0.347 e. The molecule has 1 aliphatic rings. The minimum atomic E-state index is -0.924. The third-order valence-electron chi connectivity index (χ3n) is 5.29. The molecule has 1 N–H and O–H groups in total. The lowest BCUT2D eigenvalue weighted by Gasteiger charge is -2.08. The fourth-order valence-electron chi connectivity index (χ4n) is 3.72. The van der Waals surface area contributed by atoms with Gasteiger partial charge in [-0.3, -0.25) is 0 Å². The first kappa shape index (κ1) is 17.9. The standard InChI is InChI=1S/C24H20N2O2S/c27-23(28)22-15-26(14-16-6-2-1-3-7-16)24(29-22)25-21-13-12-18(17-10-11-17)19-8-4-5-9-20(19)21/h1-9,12-13,15,17H,10-11,14H2,(H,27,28). The predicted molar refractivity (Wildman–Crippen MR) is 116 cm³/mol. The fraction of sp³-hybridized carbons (Fsp3) is 0.167. The van der Waals surface area contributed by atoms with E-state index in [1.54, 1.807) is 6.20 Å². The molecule has 144 valence electrons. The second kappa shape index (κ2) is 7.33. The highest BCUT2D eigenvalue weighted by Gasteiger charge is 2.25. The Hall–Kier alpha value is -3.18. The molecule has 1 fully saturated rings. The Morgan fingerprint density at radius 3 is 2.45 bits per heavy atom. The molecule has 0 aliphatic heterocycles. The number of carboxylic acids is 1. The Morgan fingerprint density at radius 1 is 1.00 bits per heavy atom. The highest BCUT2D eigenvalue weighted by Crippen LogP contribution is 2.44. The lowest BCUT2D eigenvalue weighted by Crippen LogP contribution is -2.14. The zero-order valence-electron chi connectivity index (χ0n) is 15.8. The van der Waals surface area contributed by atoms with Crippen LogP contribution in [0.4, 0.5) is 5.69 Å². The van der Waals surface area contributed by atoms with Crippen molar-refractivity contribution in [3.8, 4) is 0 Å². The number of carbonyl (C=O) groups is 1. The SMILES string of the molecule is O=C(O)c1cn(Cc2ccccc2)c(=Nc2ccc(C3CC3)c3ccccc23)s1. The van der Waals surface area contributed by atoms with Crippen LogP contribution in [0.15, 0.2) is 77.9 Å². The highest BCUT2D eigenvalue weighted by atomic mass is 32.1. The van der Waals surface area contributed by atoms with Gasteiger partial charge in [0, 0.05) is 18.1 Å². The number of nitrogens with zero attached hydrogens (tertiary/aromatic N) is 2. The van der Waals surface area contributed by atoms with E-state index in [0.717, 1.165) is 16.6 Å². The van der Waals surface area contributed by atoms with Gasteiger partial charge in [0.2, 0.25) is 0 Å². The van der Waals surface area contributed by atoms with E-state index in [9.17, 15) is 9.90 Å². The number of rotatable bonds is 5. The molecule has 4 nitrogen and oxygen atoms in total. The van der Waals surface area contributed by atoms with Gasteiger partial charge in [-0.2, -0.15) is 0 Å². The Labute approximate surface area is 172 Å². The van der Waals surface area contributed by atoms with Crippen LogP contribution in [0.3, 0.4) is 0 Å². The van der Waals surface area contributed by atoms with Gasteiger partial charge < -0.3 is 9.67 Å². The van der Waals surface area contributed by atoms with Crippen molar-refractivity contribution in [1.29, 1.82) is 0 Å². The molecule has 0 radical (unpaired) electrons. The number of thiazole rings is 1. The van der Waals surface area contributed by atoms with E-state index in [2.05, 4.69) is 30.3 Å². The van der Waals surface area contributed by atoms with Gasteiger partial charge in [0.15, 0.2) is 4.80 Å². The summed E-state index contributed by atoms with van der Waals surface area (Å²) in [5.74, 6) is -0.260. The van der Waals surface area contributed by atoms with Crippen LogP contribution in [0.2, 0.25) is 0 Å². The Balaban J connectivity index is 1.65. The minimum Gasteiger partial charge on any atom is -0.477 e. The zero-order valence-corrected chi connectivity index (χ0v) is 16.6. The third-order valence-corrected chi connectivity index (χ3v) is 6.30. The van der Waals surface area contributed by atoms with Gasteiger partial charge in [-0.05, 0) is 41.3 Å². The number of hydrogen-bond acceptors (Lipinski definition) is 3. The summed E-state index contributed by atoms with van der Waals surface area (Å²) >= 11 is 1.21. The summed E-state index contributed by atoms with van der Waals surface area (Å²) in [5, 5.41) is 11.9. The Bertz CT molecular complexity index is 1270. The summed E-state index contributed by atoms with van der Waals surface area (Å²) in [6.07, 6.45) is 4.19. The number of carboxylic acid groups (broad SMARTS) is 1. The van der Waals surface area contributed by atoms with Crippen LogP contribution in [-0.2, 0) is 6.54 Å². The van der Waals surface area contributed by atoms with Crippen molar-refractivity contribution in [2.24, 2.45) is 4.99 Å². The number of hydrogen-bond donors (Lipinski definition) is 1. The van der Waals surface area contributed by atoms with Crippen LogP contribution >= 0.6 is 11.3 Å². The van der Waals surface area contributed by atoms with Gasteiger partial charge in [-0.25, -0.2) is 9.79 Å². The van der Waals surface area contributed by atoms with E-state index in [0.29, 0.717) is 22.1 Å². The normalized spacial score (nSPS) is 14.4. The highest BCUT2D eigenvalue weighted by molar-refractivity contribution is 7.11. The molecule has 0 atom stereocenters. The molecule has 0 amide bonds. The van der Waals surface area contributed by atoms with Crippen molar-refractivity contribution in [2.45, 2.75) is 25.3 Å². The number of benzene rings is 3. The first-order valence-corrected chi connectivity index (χ1v) is 10.5. The molecule has 3 aromatic carbocycles. The van der Waals surface area contributed by atoms with Crippen LogP contribution in [0, 0.1) is 0 Å². The van der Waals surface area contributed by atoms with E-state index in [-0.39, 0.29) is 0 Å². The first-order chi connectivity index (χ1) is 14.2. The molecule has 0 bridgehead atoms. The van der Waals surface area contributed by atoms with Gasteiger partial charge in [-0.1, -0.05) is 72.0 Å². The lowest BCUT2D eigenvalue weighted by molar-refractivity contribution is 0.0701. The van der Waals surface area contributed by atoms with E-state index in [4.69, 9.17) is 4.99 Å². The molecule has 5 heteroatoms. The third kappa shape index (κ3) is 3.61. The smallest absolute Gasteiger partial charge is 0.347 e. The largest absolute Gasteiger partial charge is 0.477 e. The van der Waals surface area contributed by atoms with E-state index in [1.807, 2.05) is 41.0 Å². The molecule has 29 heavy (non-hydrogen) atoms. The van der Waals surface area contributed by atoms with Crippen molar-refractivity contribution in [2.75, 3.05) is 0 Å². The quantitative estimate of drug-likeness (QED) is 0.477. The van der Waals surface area contributed by atoms with Crippen LogP contribution in [0.25, 0.3) is 10.8 Å². The summed E-state index contributed by atoms with van der Waals surface area (Å²) in [7, 11) is 0. The van der Waals surface area contributed by atoms with Gasteiger partial charge in [0.1, 0.15) is 4.88 Å². The fourth-order valence-corrected chi connectivity index (χ4v) is 4.56. The van der Waals surface area contributed by atoms with Crippen LogP contribution in [0.1, 0.15) is 39.6 Å². The van der Waals surface area contributed by atoms with Crippen molar-refractivity contribution in [3.05, 3.63) is 93.7 Å². The summed E-state index contributed by atoms with van der Waals surface area (Å²) in [4.78, 5) is 17.5. The molecule has 0 saturated heterocycles. The maximum atomic E-state index is 11.6. The summed E-state index contributed by atoms with van der Waals surface area (Å²) < 4.78 is 1.92. The van der Waals surface area contributed by atoms with Crippen molar-refractivity contribution >= 4 is 33.8 Å². The number of aromatic carboxylic acids is 1. The molecular weight excluding hydrogens is 380 g/mol. The topological polar surface area (TPSA) is 54.6 Å². The van der Waals surface area contributed by atoms with E-state index >= 15 is 0 Å². The molecule has 5 rings (SSSR count).